The van der Waals surface area contributed by atoms with Gasteiger partial charge in [0.2, 0.25) is 11.8 Å². The minimum absolute atomic E-state index is 0.274. The van der Waals surface area contributed by atoms with Gasteiger partial charge in [-0.15, -0.1) is 0 Å². The molecule has 5 heteroatoms. The zero-order valence-electron chi connectivity index (χ0n) is 14.7. The average Bonchev–Trinajstić information content (AvgIpc) is 3.04. The van der Waals surface area contributed by atoms with Crippen LogP contribution in [-0.2, 0) is 9.59 Å². The number of piperidine rings is 1. The topological polar surface area (TPSA) is 43.9 Å². The average molecular weight is 321 g/mol. The third kappa shape index (κ3) is 3.70. The van der Waals surface area contributed by atoms with Crippen LogP contribution in [-0.4, -0.2) is 72.3 Å². The highest BCUT2D eigenvalue weighted by molar-refractivity contribution is 5.79. The Morgan fingerprint density at radius 1 is 1.17 bits per heavy atom. The standard InChI is InChI=1S/C18H31N3O2/c1-19(15-7-3-4-8-15)13-18(23)21-11-10-16-14(12-21)6-5-9-17(22)20(16)2/h14-16H,3-13H2,1-2H3/t14-,16+/m0/s1. The van der Waals surface area contributed by atoms with E-state index in [1.54, 1.807) is 0 Å². The molecule has 2 saturated heterocycles. The fraction of sp³-hybridized carbons (Fsp3) is 0.889. The zero-order chi connectivity index (χ0) is 16.4. The van der Waals surface area contributed by atoms with Gasteiger partial charge in [0.15, 0.2) is 0 Å². The van der Waals surface area contributed by atoms with E-state index in [2.05, 4.69) is 16.8 Å². The number of amides is 2. The summed E-state index contributed by atoms with van der Waals surface area (Å²) in [7, 11) is 4.04. The first-order valence-corrected chi connectivity index (χ1v) is 9.30. The first-order valence-electron chi connectivity index (χ1n) is 9.30. The molecule has 2 heterocycles. The van der Waals surface area contributed by atoms with E-state index in [0.717, 1.165) is 32.4 Å². The maximum atomic E-state index is 12.7. The number of likely N-dealkylation sites (tertiary alicyclic amines) is 2. The largest absolute Gasteiger partial charge is 0.342 e. The molecule has 3 rings (SSSR count). The lowest BCUT2D eigenvalue weighted by atomic mass is 9.88. The van der Waals surface area contributed by atoms with Gasteiger partial charge < -0.3 is 9.80 Å². The minimum atomic E-state index is 0.274. The predicted molar refractivity (Wildman–Crippen MR) is 90.0 cm³/mol. The van der Waals surface area contributed by atoms with E-state index in [0.29, 0.717) is 31.0 Å². The fourth-order valence-electron chi connectivity index (χ4n) is 4.70. The summed E-state index contributed by atoms with van der Waals surface area (Å²) in [4.78, 5) is 30.9. The van der Waals surface area contributed by atoms with Crippen LogP contribution in [0.5, 0.6) is 0 Å². The Morgan fingerprint density at radius 2 is 1.91 bits per heavy atom. The monoisotopic (exact) mass is 321 g/mol. The molecule has 3 aliphatic rings. The Hall–Kier alpha value is -1.10. The maximum absolute atomic E-state index is 12.7. The molecule has 1 aliphatic carbocycles. The molecule has 2 amide bonds. The van der Waals surface area contributed by atoms with E-state index >= 15 is 0 Å². The van der Waals surface area contributed by atoms with Crippen molar-refractivity contribution >= 4 is 11.8 Å². The summed E-state index contributed by atoms with van der Waals surface area (Å²) in [5.41, 5.74) is 0. The number of carbonyl (C=O) groups is 2. The number of likely N-dealkylation sites (N-methyl/N-ethyl adjacent to an activating group) is 1. The van der Waals surface area contributed by atoms with Gasteiger partial charge in [0.1, 0.15) is 0 Å². The highest BCUT2D eigenvalue weighted by Gasteiger charge is 2.37. The van der Waals surface area contributed by atoms with Gasteiger partial charge in [0.25, 0.3) is 0 Å². The van der Waals surface area contributed by atoms with E-state index in [4.69, 9.17) is 0 Å². The molecule has 0 unspecified atom stereocenters. The lowest BCUT2D eigenvalue weighted by Crippen LogP contribution is -2.53. The lowest BCUT2D eigenvalue weighted by molar-refractivity contribution is -0.137. The summed E-state index contributed by atoms with van der Waals surface area (Å²) >= 11 is 0. The summed E-state index contributed by atoms with van der Waals surface area (Å²) in [5, 5.41) is 0. The molecule has 3 fully saturated rings. The molecule has 2 aliphatic heterocycles. The highest BCUT2D eigenvalue weighted by Crippen LogP contribution is 2.30. The first-order chi connectivity index (χ1) is 11.1. The fourth-order valence-corrected chi connectivity index (χ4v) is 4.70. The molecule has 0 radical (unpaired) electrons. The quantitative estimate of drug-likeness (QED) is 0.795. The number of rotatable bonds is 3. The van der Waals surface area contributed by atoms with E-state index in [9.17, 15) is 9.59 Å². The Morgan fingerprint density at radius 3 is 2.65 bits per heavy atom. The number of hydrogen-bond acceptors (Lipinski definition) is 3. The van der Waals surface area contributed by atoms with Gasteiger partial charge in [-0.3, -0.25) is 14.5 Å². The van der Waals surface area contributed by atoms with Crippen molar-refractivity contribution in [2.75, 3.05) is 33.7 Å². The van der Waals surface area contributed by atoms with Gasteiger partial charge in [-0.05, 0) is 45.1 Å². The number of hydrogen-bond donors (Lipinski definition) is 0. The molecule has 0 aromatic carbocycles. The molecule has 2 atom stereocenters. The van der Waals surface area contributed by atoms with Crippen molar-refractivity contribution in [2.45, 2.75) is 63.5 Å². The van der Waals surface area contributed by atoms with E-state index in [-0.39, 0.29) is 11.8 Å². The summed E-state index contributed by atoms with van der Waals surface area (Å²) < 4.78 is 0. The summed E-state index contributed by atoms with van der Waals surface area (Å²) in [6.07, 6.45) is 8.72. The van der Waals surface area contributed by atoms with Gasteiger partial charge >= 0.3 is 0 Å². The van der Waals surface area contributed by atoms with Gasteiger partial charge in [-0.2, -0.15) is 0 Å². The number of fused-ring (bicyclic) bond motifs is 1. The highest BCUT2D eigenvalue weighted by atomic mass is 16.2. The second kappa shape index (κ2) is 7.20. The Labute approximate surface area is 140 Å². The zero-order valence-corrected chi connectivity index (χ0v) is 14.7. The molecule has 0 aromatic rings. The summed E-state index contributed by atoms with van der Waals surface area (Å²) in [5.74, 6) is 1.01. The van der Waals surface area contributed by atoms with Crippen LogP contribution in [0.2, 0.25) is 0 Å². The van der Waals surface area contributed by atoms with Crippen LogP contribution in [0.3, 0.4) is 0 Å². The van der Waals surface area contributed by atoms with E-state index in [1.807, 2.05) is 11.9 Å². The Bertz CT molecular complexity index is 448. The van der Waals surface area contributed by atoms with Crippen molar-refractivity contribution in [1.82, 2.24) is 14.7 Å². The van der Waals surface area contributed by atoms with Crippen LogP contribution in [0.15, 0.2) is 0 Å². The molecular weight excluding hydrogens is 290 g/mol. The SMILES string of the molecule is CN(CC(=O)N1CC[C@@H]2[C@@H](CCCC(=O)N2C)C1)C1CCCC1. The third-order valence-corrected chi connectivity index (χ3v) is 6.24. The molecule has 5 nitrogen and oxygen atoms in total. The van der Waals surface area contributed by atoms with Crippen molar-refractivity contribution in [3.8, 4) is 0 Å². The van der Waals surface area contributed by atoms with E-state index in [1.165, 1.54) is 25.7 Å². The molecule has 1 saturated carbocycles. The second-order valence-corrected chi connectivity index (χ2v) is 7.71. The normalized spacial score (nSPS) is 29.8. The smallest absolute Gasteiger partial charge is 0.236 e. The Balaban J connectivity index is 1.55. The number of nitrogens with zero attached hydrogens (tertiary/aromatic N) is 3. The molecular formula is C18H31N3O2. The lowest BCUT2D eigenvalue weighted by Gasteiger charge is -2.42. The van der Waals surface area contributed by atoms with Crippen LogP contribution in [0.1, 0.15) is 51.4 Å². The van der Waals surface area contributed by atoms with Crippen molar-refractivity contribution in [2.24, 2.45) is 5.92 Å². The first kappa shape index (κ1) is 16.7. The molecule has 0 aromatic heterocycles. The summed E-state index contributed by atoms with van der Waals surface area (Å²) in [6.45, 7) is 2.19. The van der Waals surface area contributed by atoms with Crippen LogP contribution in [0.4, 0.5) is 0 Å². The predicted octanol–water partition coefficient (Wildman–Crippen LogP) is 1.72. The third-order valence-electron chi connectivity index (χ3n) is 6.24. The van der Waals surface area contributed by atoms with Gasteiger partial charge in [0, 0.05) is 38.6 Å². The second-order valence-electron chi connectivity index (χ2n) is 7.71. The molecule has 23 heavy (non-hydrogen) atoms. The maximum Gasteiger partial charge on any atom is 0.236 e. The number of carbonyl (C=O) groups excluding carboxylic acids is 2. The molecule has 0 N–H and O–H groups in total. The van der Waals surface area contributed by atoms with Crippen molar-refractivity contribution in [1.29, 1.82) is 0 Å². The molecule has 0 spiro atoms. The summed E-state index contributed by atoms with van der Waals surface area (Å²) in [6, 6.07) is 0.930. The van der Waals surface area contributed by atoms with Crippen LogP contribution in [0.25, 0.3) is 0 Å². The Kier molecular flexibility index (Phi) is 5.24. The van der Waals surface area contributed by atoms with Crippen LogP contribution < -0.4 is 0 Å². The molecule has 130 valence electrons. The van der Waals surface area contributed by atoms with Gasteiger partial charge in [-0.1, -0.05) is 12.8 Å². The van der Waals surface area contributed by atoms with Crippen molar-refractivity contribution < 1.29 is 9.59 Å². The van der Waals surface area contributed by atoms with Crippen LogP contribution in [0, 0.1) is 5.92 Å². The van der Waals surface area contributed by atoms with Crippen LogP contribution >= 0.6 is 0 Å². The molecule has 0 bridgehead atoms. The van der Waals surface area contributed by atoms with E-state index < -0.39 is 0 Å². The van der Waals surface area contributed by atoms with Crippen molar-refractivity contribution in [3.63, 3.8) is 0 Å². The van der Waals surface area contributed by atoms with Gasteiger partial charge in [-0.25, -0.2) is 0 Å². The minimum Gasteiger partial charge on any atom is -0.342 e. The van der Waals surface area contributed by atoms with Crippen molar-refractivity contribution in [3.05, 3.63) is 0 Å². The van der Waals surface area contributed by atoms with Gasteiger partial charge in [0.05, 0.1) is 6.54 Å².